The van der Waals surface area contributed by atoms with Crippen LogP contribution in [0, 0.1) is 11.6 Å². The average molecular weight is 226 g/mol. The molecule has 0 amide bonds. The van der Waals surface area contributed by atoms with Crippen LogP contribution in [0.25, 0.3) is 0 Å². The van der Waals surface area contributed by atoms with Gasteiger partial charge in [-0.3, -0.25) is 0 Å². The van der Waals surface area contributed by atoms with Gasteiger partial charge in [0, 0.05) is 25.7 Å². The SMILES string of the molecule is CC1CCN(c2cccc(F)c2F)CCN1. The van der Waals surface area contributed by atoms with Crippen LogP contribution in [0.4, 0.5) is 14.5 Å². The van der Waals surface area contributed by atoms with Crippen LogP contribution in [0.3, 0.4) is 0 Å². The molecule has 1 fully saturated rings. The first-order valence-electron chi connectivity index (χ1n) is 5.61. The molecule has 4 heteroatoms. The maximum absolute atomic E-state index is 13.6. The maximum Gasteiger partial charge on any atom is 0.182 e. The van der Waals surface area contributed by atoms with Gasteiger partial charge >= 0.3 is 0 Å². The Morgan fingerprint density at radius 2 is 2.12 bits per heavy atom. The molecule has 0 bridgehead atoms. The van der Waals surface area contributed by atoms with E-state index in [1.807, 2.05) is 4.90 Å². The third-order valence-corrected chi connectivity index (χ3v) is 2.98. The molecule has 16 heavy (non-hydrogen) atoms. The standard InChI is InChI=1S/C12H16F2N2/c1-9-5-7-16(8-6-15-9)11-4-2-3-10(13)12(11)14/h2-4,9,15H,5-8H2,1H3. The summed E-state index contributed by atoms with van der Waals surface area (Å²) >= 11 is 0. The van der Waals surface area contributed by atoms with E-state index in [9.17, 15) is 8.78 Å². The van der Waals surface area contributed by atoms with E-state index in [0.29, 0.717) is 18.3 Å². The third kappa shape index (κ3) is 2.32. The predicted molar refractivity (Wildman–Crippen MR) is 60.7 cm³/mol. The fourth-order valence-corrected chi connectivity index (χ4v) is 1.99. The molecule has 0 aliphatic carbocycles. The normalized spacial score (nSPS) is 21.9. The molecule has 1 aromatic carbocycles. The lowest BCUT2D eigenvalue weighted by atomic mass is 10.2. The van der Waals surface area contributed by atoms with Crippen molar-refractivity contribution < 1.29 is 8.78 Å². The highest BCUT2D eigenvalue weighted by Crippen LogP contribution is 2.22. The van der Waals surface area contributed by atoms with E-state index in [1.54, 1.807) is 12.1 Å². The second-order valence-electron chi connectivity index (χ2n) is 4.20. The molecule has 1 unspecified atom stereocenters. The molecular weight excluding hydrogens is 210 g/mol. The highest BCUT2D eigenvalue weighted by Gasteiger charge is 2.17. The quantitative estimate of drug-likeness (QED) is 0.789. The molecule has 1 aromatic rings. The lowest BCUT2D eigenvalue weighted by Crippen LogP contribution is -2.29. The van der Waals surface area contributed by atoms with E-state index in [4.69, 9.17) is 0 Å². The summed E-state index contributed by atoms with van der Waals surface area (Å²) in [4.78, 5) is 1.90. The molecule has 1 N–H and O–H groups in total. The van der Waals surface area contributed by atoms with Crippen molar-refractivity contribution >= 4 is 5.69 Å². The van der Waals surface area contributed by atoms with Crippen molar-refractivity contribution in [1.82, 2.24) is 5.32 Å². The Labute approximate surface area is 94.3 Å². The Morgan fingerprint density at radius 1 is 1.31 bits per heavy atom. The number of nitrogens with one attached hydrogen (secondary N) is 1. The third-order valence-electron chi connectivity index (χ3n) is 2.98. The summed E-state index contributed by atoms with van der Waals surface area (Å²) in [5, 5.41) is 3.32. The van der Waals surface area contributed by atoms with Crippen LogP contribution in [0.15, 0.2) is 18.2 Å². The second kappa shape index (κ2) is 4.78. The van der Waals surface area contributed by atoms with Crippen LogP contribution in [-0.2, 0) is 0 Å². The van der Waals surface area contributed by atoms with Gasteiger partial charge in [-0.1, -0.05) is 6.07 Å². The Bertz CT molecular complexity index is 368. The lowest BCUT2D eigenvalue weighted by Gasteiger charge is -2.22. The van der Waals surface area contributed by atoms with Gasteiger partial charge in [0.25, 0.3) is 0 Å². The number of hydrogen-bond donors (Lipinski definition) is 1. The zero-order valence-electron chi connectivity index (χ0n) is 9.34. The van der Waals surface area contributed by atoms with Gasteiger partial charge in [0.1, 0.15) is 0 Å². The number of halogens is 2. The highest BCUT2D eigenvalue weighted by atomic mass is 19.2. The second-order valence-corrected chi connectivity index (χ2v) is 4.20. The molecule has 1 heterocycles. The van der Waals surface area contributed by atoms with Crippen LogP contribution in [-0.4, -0.2) is 25.7 Å². The topological polar surface area (TPSA) is 15.3 Å². The highest BCUT2D eigenvalue weighted by molar-refractivity contribution is 5.48. The molecule has 88 valence electrons. The first kappa shape index (κ1) is 11.3. The van der Waals surface area contributed by atoms with Crippen LogP contribution < -0.4 is 10.2 Å². The van der Waals surface area contributed by atoms with Gasteiger partial charge in [-0.15, -0.1) is 0 Å². The molecule has 0 aromatic heterocycles. The summed E-state index contributed by atoms with van der Waals surface area (Å²) in [6.07, 6.45) is 0.940. The molecule has 2 rings (SSSR count). The minimum absolute atomic E-state index is 0.371. The van der Waals surface area contributed by atoms with E-state index in [2.05, 4.69) is 12.2 Å². The summed E-state index contributed by atoms with van der Waals surface area (Å²) in [6.45, 7) is 4.38. The smallest absolute Gasteiger partial charge is 0.182 e. The van der Waals surface area contributed by atoms with Crippen molar-refractivity contribution in [3.8, 4) is 0 Å². The largest absolute Gasteiger partial charge is 0.368 e. The van der Waals surface area contributed by atoms with Crippen LogP contribution >= 0.6 is 0 Å². The molecule has 1 atom stereocenters. The number of hydrogen-bond acceptors (Lipinski definition) is 2. The zero-order chi connectivity index (χ0) is 11.5. The van der Waals surface area contributed by atoms with Gasteiger partial charge in [0.05, 0.1) is 5.69 Å². The average Bonchev–Trinajstić information content (AvgIpc) is 2.47. The number of nitrogens with zero attached hydrogens (tertiary/aromatic N) is 1. The van der Waals surface area contributed by atoms with Crippen molar-refractivity contribution in [2.75, 3.05) is 24.5 Å². The molecular formula is C12H16F2N2. The Balaban J connectivity index is 2.20. The summed E-state index contributed by atoms with van der Waals surface area (Å²) < 4.78 is 26.7. The van der Waals surface area contributed by atoms with Crippen molar-refractivity contribution in [2.45, 2.75) is 19.4 Å². The zero-order valence-corrected chi connectivity index (χ0v) is 9.34. The van der Waals surface area contributed by atoms with Crippen LogP contribution in [0.5, 0.6) is 0 Å². The Morgan fingerprint density at radius 3 is 2.94 bits per heavy atom. The van der Waals surface area contributed by atoms with Gasteiger partial charge in [-0.05, 0) is 25.5 Å². The van der Waals surface area contributed by atoms with E-state index in [-0.39, 0.29) is 0 Å². The van der Waals surface area contributed by atoms with E-state index < -0.39 is 11.6 Å². The number of benzene rings is 1. The summed E-state index contributed by atoms with van der Waals surface area (Å²) in [5.41, 5.74) is 0.371. The fraction of sp³-hybridized carbons (Fsp3) is 0.500. The number of anilines is 1. The first-order valence-corrected chi connectivity index (χ1v) is 5.61. The number of rotatable bonds is 1. The lowest BCUT2D eigenvalue weighted by molar-refractivity contribution is 0.506. The molecule has 1 aliphatic heterocycles. The molecule has 2 nitrogen and oxygen atoms in total. The van der Waals surface area contributed by atoms with Crippen molar-refractivity contribution in [3.63, 3.8) is 0 Å². The van der Waals surface area contributed by atoms with Crippen molar-refractivity contribution in [3.05, 3.63) is 29.8 Å². The Hall–Kier alpha value is -1.16. The summed E-state index contributed by atoms with van der Waals surface area (Å²) in [7, 11) is 0. The predicted octanol–water partition coefficient (Wildman–Crippen LogP) is 2.15. The summed E-state index contributed by atoms with van der Waals surface area (Å²) in [6, 6.07) is 4.77. The van der Waals surface area contributed by atoms with E-state index in [1.165, 1.54) is 0 Å². The minimum atomic E-state index is -0.775. The van der Waals surface area contributed by atoms with Crippen molar-refractivity contribution in [2.24, 2.45) is 0 Å². The van der Waals surface area contributed by atoms with Crippen molar-refractivity contribution in [1.29, 1.82) is 0 Å². The van der Waals surface area contributed by atoms with Gasteiger partial charge in [-0.25, -0.2) is 8.78 Å². The molecule has 0 spiro atoms. The molecule has 1 saturated heterocycles. The molecule has 1 aliphatic rings. The maximum atomic E-state index is 13.6. The van der Waals surface area contributed by atoms with Crippen LogP contribution in [0.2, 0.25) is 0 Å². The van der Waals surface area contributed by atoms with Gasteiger partial charge in [0.2, 0.25) is 0 Å². The van der Waals surface area contributed by atoms with Gasteiger partial charge in [0.15, 0.2) is 11.6 Å². The van der Waals surface area contributed by atoms with Gasteiger partial charge in [-0.2, -0.15) is 0 Å². The fourth-order valence-electron chi connectivity index (χ4n) is 1.99. The van der Waals surface area contributed by atoms with Crippen LogP contribution in [0.1, 0.15) is 13.3 Å². The molecule has 0 radical (unpaired) electrons. The first-order chi connectivity index (χ1) is 7.68. The van der Waals surface area contributed by atoms with E-state index >= 15 is 0 Å². The van der Waals surface area contributed by atoms with Gasteiger partial charge < -0.3 is 10.2 Å². The summed E-state index contributed by atoms with van der Waals surface area (Å²) in [5.74, 6) is -1.51. The molecule has 0 saturated carbocycles. The van der Waals surface area contributed by atoms with E-state index in [0.717, 1.165) is 25.6 Å². The Kier molecular flexibility index (Phi) is 3.39. The minimum Gasteiger partial charge on any atom is -0.368 e. The monoisotopic (exact) mass is 226 g/mol.